The Morgan fingerprint density at radius 2 is 2.21 bits per heavy atom. The highest BCUT2D eigenvalue weighted by atomic mass is 32.1. The van der Waals surface area contributed by atoms with Gasteiger partial charge in [-0.05, 0) is 32.0 Å². The molecule has 3 nitrogen and oxygen atoms in total. The van der Waals surface area contributed by atoms with Gasteiger partial charge in [0.25, 0.3) is 0 Å². The summed E-state index contributed by atoms with van der Waals surface area (Å²) in [5.74, 6) is -0.0643. The molecule has 0 aliphatic rings. The molecule has 19 heavy (non-hydrogen) atoms. The number of carbonyl (C=O) groups is 1. The number of hydrogen-bond acceptors (Lipinski definition) is 4. The topological polar surface area (TPSA) is 29.5 Å². The first kappa shape index (κ1) is 16.2. The van der Waals surface area contributed by atoms with Crippen LogP contribution in [0.3, 0.4) is 0 Å². The zero-order valence-electron chi connectivity index (χ0n) is 12.2. The molecule has 1 aromatic rings. The molecule has 1 heterocycles. The number of thiophene rings is 1. The summed E-state index contributed by atoms with van der Waals surface area (Å²) < 4.78 is 5.64. The third-order valence-corrected chi connectivity index (χ3v) is 3.92. The quantitative estimate of drug-likeness (QED) is 0.509. The van der Waals surface area contributed by atoms with Gasteiger partial charge in [-0.25, -0.2) is 0 Å². The van der Waals surface area contributed by atoms with Gasteiger partial charge in [0, 0.05) is 24.3 Å². The number of carbonyl (C=O) groups excluding carboxylic acids is 1. The standard InChI is InChI=1S/C15H25NO2S/c1-4-5-6-9-15(17)18-13(10-11-16(2)3)14-8-7-12-19-14/h7-8,12-13H,4-6,9-11H2,1-3H3. The van der Waals surface area contributed by atoms with E-state index in [1.54, 1.807) is 11.3 Å². The van der Waals surface area contributed by atoms with Gasteiger partial charge in [0.1, 0.15) is 6.10 Å². The summed E-state index contributed by atoms with van der Waals surface area (Å²) in [6.07, 6.45) is 4.46. The van der Waals surface area contributed by atoms with E-state index < -0.39 is 0 Å². The molecule has 0 N–H and O–H groups in total. The summed E-state index contributed by atoms with van der Waals surface area (Å²) in [7, 11) is 4.07. The van der Waals surface area contributed by atoms with Crippen LogP contribution in [0.2, 0.25) is 0 Å². The molecular weight excluding hydrogens is 258 g/mol. The van der Waals surface area contributed by atoms with Crippen LogP contribution >= 0.6 is 11.3 Å². The summed E-state index contributed by atoms with van der Waals surface area (Å²) in [6, 6.07) is 4.05. The minimum atomic E-state index is -0.0865. The first-order valence-electron chi connectivity index (χ1n) is 7.01. The molecule has 4 heteroatoms. The Labute approximate surface area is 120 Å². The summed E-state index contributed by atoms with van der Waals surface area (Å²) >= 11 is 1.66. The highest BCUT2D eigenvalue weighted by Crippen LogP contribution is 2.26. The number of hydrogen-bond donors (Lipinski definition) is 0. The number of ether oxygens (including phenoxy) is 1. The molecular formula is C15H25NO2S. The van der Waals surface area contributed by atoms with Crippen LogP contribution in [0.15, 0.2) is 17.5 Å². The average molecular weight is 283 g/mol. The van der Waals surface area contributed by atoms with Crippen molar-refractivity contribution >= 4 is 17.3 Å². The first-order chi connectivity index (χ1) is 9.13. The molecule has 0 aliphatic heterocycles. The zero-order valence-corrected chi connectivity index (χ0v) is 13.0. The van der Waals surface area contributed by atoms with Crippen molar-refractivity contribution in [2.75, 3.05) is 20.6 Å². The lowest BCUT2D eigenvalue weighted by Gasteiger charge is -2.19. The van der Waals surface area contributed by atoms with E-state index in [4.69, 9.17) is 4.74 Å². The van der Waals surface area contributed by atoms with Gasteiger partial charge < -0.3 is 9.64 Å². The number of esters is 1. The first-order valence-corrected chi connectivity index (χ1v) is 7.89. The third-order valence-electron chi connectivity index (χ3n) is 2.96. The van der Waals surface area contributed by atoms with E-state index in [-0.39, 0.29) is 12.1 Å². The van der Waals surface area contributed by atoms with E-state index in [1.807, 2.05) is 31.6 Å². The normalized spacial score (nSPS) is 12.6. The Balaban J connectivity index is 2.47. The Morgan fingerprint density at radius 3 is 2.79 bits per heavy atom. The van der Waals surface area contributed by atoms with Crippen molar-refractivity contribution in [2.24, 2.45) is 0 Å². The van der Waals surface area contributed by atoms with Crippen LogP contribution in [0.1, 0.15) is 50.0 Å². The Kier molecular flexibility index (Phi) is 7.75. The lowest BCUT2D eigenvalue weighted by atomic mass is 10.2. The van der Waals surface area contributed by atoms with Crippen LogP contribution in [0.4, 0.5) is 0 Å². The second kappa shape index (κ2) is 9.10. The zero-order chi connectivity index (χ0) is 14.1. The van der Waals surface area contributed by atoms with Crippen LogP contribution in [-0.4, -0.2) is 31.5 Å². The Bertz CT molecular complexity index is 349. The molecule has 0 saturated carbocycles. The highest BCUT2D eigenvalue weighted by molar-refractivity contribution is 7.10. The van der Waals surface area contributed by atoms with Gasteiger partial charge >= 0.3 is 5.97 Å². The van der Waals surface area contributed by atoms with Crippen LogP contribution in [-0.2, 0) is 9.53 Å². The molecule has 1 atom stereocenters. The molecule has 1 aromatic heterocycles. The molecule has 0 amide bonds. The van der Waals surface area contributed by atoms with Crippen LogP contribution < -0.4 is 0 Å². The van der Waals surface area contributed by atoms with E-state index in [0.717, 1.165) is 37.1 Å². The number of nitrogens with zero attached hydrogens (tertiary/aromatic N) is 1. The fourth-order valence-electron chi connectivity index (χ4n) is 1.85. The average Bonchev–Trinajstić information content (AvgIpc) is 2.88. The predicted octanol–water partition coefficient (Wildman–Crippen LogP) is 3.86. The molecule has 108 valence electrons. The van der Waals surface area contributed by atoms with Crippen molar-refractivity contribution in [3.8, 4) is 0 Å². The maximum Gasteiger partial charge on any atom is 0.306 e. The molecule has 0 spiro atoms. The minimum Gasteiger partial charge on any atom is -0.457 e. The molecule has 0 bridgehead atoms. The maximum atomic E-state index is 11.8. The van der Waals surface area contributed by atoms with E-state index in [1.165, 1.54) is 0 Å². The van der Waals surface area contributed by atoms with Gasteiger partial charge in [-0.2, -0.15) is 0 Å². The second-order valence-corrected chi connectivity index (χ2v) is 6.02. The number of rotatable bonds is 9. The van der Waals surface area contributed by atoms with Gasteiger partial charge in [-0.1, -0.05) is 25.8 Å². The van der Waals surface area contributed by atoms with Gasteiger partial charge in [0.2, 0.25) is 0 Å². The van der Waals surface area contributed by atoms with Crippen molar-refractivity contribution in [1.29, 1.82) is 0 Å². The lowest BCUT2D eigenvalue weighted by Crippen LogP contribution is -2.18. The fourth-order valence-corrected chi connectivity index (χ4v) is 2.64. The van der Waals surface area contributed by atoms with Crippen molar-refractivity contribution < 1.29 is 9.53 Å². The third kappa shape index (κ3) is 6.73. The van der Waals surface area contributed by atoms with Crippen molar-refractivity contribution in [3.05, 3.63) is 22.4 Å². The maximum absolute atomic E-state index is 11.8. The number of unbranched alkanes of at least 4 members (excludes halogenated alkanes) is 2. The summed E-state index contributed by atoms with van der Waals surface area (Å²) in [5, 5.41) is 2.03. The summed E-state index contributed by atoms with van der Waals surface area (Å²) in [6.45, 7) is 3.06. The largest absolute Gasteiger partial charge is 0.457 e. The lowest BCUT2D eigenvalue weighted by molar-refractivity contribution is -0.150. The minimum absolute atomic E-state index is 0.0643. The SMILES string of the molecule is CCCCCC(=O)OC(CCN(C)C)c1cccs1. The summed E-state index contributed by atoms with van der Waals surface area (Å²) in [5.41, 5.74) is 0. The smallest absolute Gasteiger partial charge is 0.306 e. The molecule has 1 rings (SSSR count). The van der Waals surface area contributed by atoms with Crippen molar-refractivity contribution in [3.63, 3.8) is 0 Å². The van der Waals surface area contributed by atoms with Crippen LogP contribution in [0.5, 0.6) is 0 Å². The van der Waals surface area contributed by atoms with Crippen molar-refractivity contribution in [1.82, 2.24) is 4.90 Å². The van der Waals surface area contributed by atoms with E-state index in [2.05, 4.69) is 11.8 Å². The molecule has 0 aromatic carbocycles. The van der Waals surface area contributed by atoms with Crippen LogP contribution in [0.25, 0.3) is 0 Å². The predicted molar refractivity (Wildman–Crippen MR) is 80.5 cm³/mol. The Hall–Kier alpha value is -0.870. The Morgan fingerprint density at radius 1 is 1.42 bits per heavy atom. The molecule has 0 fully saturated rings. The molecule has 0 saturated heterocycles. The van der Waals surface area contributed by atoms with Gasteiger partial charge in [0.05, 0.1) is 0 Å². The van der Waals surface area contributed by atoms with E-state index >= 15 is 0 Å². The fraction of sp³-hybridized carbons (Fsp3) is 0.667. The van der Waals surface area contributed by atoms with Gasteiger partial charge in [0.15, 0.2) is 0 Å². The van der Waals surface area contributed by atoms with Crippen LogP contribution in [0, 0.1) is 0 Å². The second-order valence-electron chi connectivity index (χ2n) is 5.04. The highest BCUT2D eigenvalue weighted by Gasteiger charge is 2.17. The monoisotopic (exact) mass is 283 g/mol. The molecule has 1 unspecified atom stereocenters. The summed E-state index contributed by atoms with van der Waals surface area (Å²) in [4.78, 5) is 15.1. The van der Waals surface area contributed by atoms with E-state index in [0.29, 0.717) is 6.42 Å². The van der Waals surface area contributed by atoms with Gasteiger partial charge in [-0.3, -0.25) is 4.79 Å². The molecule has 0 aliphatic carbocycles. The van der Waals surface area contributed by atoms with Gasteiger partial charge in [-0.15, -0.1) is 11.3 Å². The van der Waals surface area contributed by atoms with E-state index in [9.17, 15) is 4.79 Å². The molecule has 0 radical (unpaired) electrons. The van der Waals surface area contributed by atoms with Crippen molar-refractivity contribution in [2.45, 2.75) is 45.1 Å².